The molecular weight excluding hydrogens is 569 g/mol. The normalized spacial score (nSPS) is 30.1. The molecule has 2 N–H and O–H groups in total. The van der Waals surface area contributed by atoms with Gasteiger partial charge in [0, 0.05) is 18.4 Å². The molecule has 9 nitrogen and oxygen atoms in total. The van der Waals surface area contributed by atoms with Crippen molar-refractivity contribution in [3.8, 4) is 5.75 Å². The molecule has 2 amide bonds. The average molecular weight is 616 g/mol. The Morgan fingerprint density at radius 1 is 1.07 bits per heavy atom. The molecule has 2 aromatic rings. The van der Waals surface area contributed by atoms with E-state index >= 15 is 0 Å². The summed E-state index contributed by atoms with van der Waals surface area (Å²) in [4.78, 5) is 33.2. The standard InChI is InChI=1S/C35H46BN3O6/c1-22(2)16-30(36-43-29-18-25-17-28(33(25,3)4)34(29,5)44-36)38-32(41)35(19-23-10-8-7-9-11-23)20-26(39-45-35)21-37-31(40)24-12-14-27(42-6)15-13-24/h7-15,22,25,28-30H,16-21H2,1-6H3,(H,37,40)(H,38,41)/t25-,28-,29+,30-,34-,35?/m0/s1. The number of carbonyl (C=O) groups excluding carboxylic acids is 2. The van der Waals surface area contributed by atoms with E-state index in [4.69, 9.17) is 18.9 Å². The first kappa shape index (κ1) is 31.6. The maximum absolute atomic E-state index is 14.3. The third kappa shape index (κ3) is 5.99. The summed E-state index contributed by atoms with van der Waals surface area (Å²) in [5.41, 5.74) is 0.654. The van der Waals surface area contributed by atoms with Gasteiger partial charge in [-0.05, 0) is 79.2 Å². The number of ether oxygens (including phenoxy) is 1. The lowest BCUT2D eigenvalue weighted by atomic mass is 9.43. The fourth-order valence-electron chi connectivity index (χ4n) is 8.01. The molecule has 2 heterocycles. The van der Waals surface area contributed by atoms with E-state index in [9.17, 15) is 9.59 Å². The van der Waals surface area contributed by atoms with Crippen molar-refractivity contribution in [2.45, 2.75) is 90.0 Å². The second-order valence-electron chi connectivity index (χ2n) is 14.5. The van der Waals surface area contributed by atoms with Crippen molar-refractivity contribution in [1.82, 2.24) is 10.6 Å². The van der Waals surface area contributed by atoms with Gasteiger partial charge in [-0.15, -0.1) is 0 Å². The van der Waals surface area contributed by atoms with Crippen molar-refractivity contribution in [3.05, 3.63) is 65.7 Å². The largest absolute Gasteiger partial charge is 0.497 e. The van der Waals surface area contributed by atoms with E-state index in [1.165, 1.54) is 6.42 Å². The number of oxime groups is 1. The van der Waals surface area contributed by atoms with Crippen LogP contribution in [0.15, 0.2) is 59.8 Å². The SMILES string of the molecule is COc1ccc(C(=O)NCC2=NOC(Cc3ccccc3)(C(=O)N[C@@H](CC(C)C)B3O[C@@H]4C[C@@H]5C[C@@H](C5(C)C)[C@]4(C)O3)C2)cc1. The highest BCUT2D eigenvalue weighted by atomic mass is 16.7. The summed E-state index contributed by atoms with van der Waals surface area (Å²) in [6.07, 6.45) is 3.45. The number of benzene rings is 2. The molecule has 2 aromatic carbocycles. The number of nitrogens with zero attached hydrogens (tertiary/aromatic N) is 1. The number of carbonyl (C=O) groups is 2. The number of methoxy groups -OCH3 is 1. The van der Waals surface area contributed by atoms with E-state index in [1.807, 2.05) is 30.3 Å². The van der Waals surface area contributed by atoms with Gasteiger partial charge in [0.2, 0.25) is 5.60 Å². The van der Waals surface area contributed by atoms with Crippen LogP contribution in [-0.4, -0.2) is 61.5 Å². The van der Waals surface area contributed by atoms with Crippen molar-refractivity contribution in [3.63, 3.8) is 0 Å². The molecule has 5 aliphatic rings. The Morgan fingerprint density at radius 2 is 1.80 bits per heavy atom. The van der Waals surface area contributed by atoms with Crippen molar-refractivity contribution < 1.29 is 28.5 Å². The van der Waals surface area contributed by atoms with E-state index < -0.39 is 12.7 Å². The van der Waals surface area contributed by atoms with Crippen molar-refractivity contribution in [2.24, 2.45) is 28.3 Å². The highest BCUT2D eigenvalue weighted by Crippen LogP contribution is 2.65. The lowest BCUT2D eigenvalue weighted by Gasteiger charge is -2.64. The number of nitrogens with one attached hydrogen (secondary N) is 2. The summed E-state index contributed by atoms with van der Waals surface area (Å²) < 4.78 is 18.6. The van der Waals surface area contributed by atoms with Crippen molar-refractivity contribution in [2.75, 3.05) is 13.7 Å². The highest BCUT2D eigenvalue weighted by molar-refractivity contribution is 6.48. The van der Waals surface area contributed by atoms with Crippen molar-refractivity contribution >= 4 is 24.6 Å². The molecule has 6 atom stereocenters. The zero-order chi connectivity index (χ0) is 32.0. The van der Waals surface area contributed by atoms with Crippen LogP contribution in [0.3, 0.4) is 0 Å². The molecule has 7 rings (SSSR count). The molecule has 1 saturated heterocycles. The third-order valence-electron chi connectivity index (χ3n) is 10.7. The van der Waals surface area contributed by atoms with E-state index in [-0.39, 0.29) is 47.8 Å². The Morgan fingerprint density at radius 3 is 2.47 bits per heavy atom. The quantitative estimate of drug-likeness (QED) is 0.346. The molecule has 2 aliphatic heterocycles. The topological polar surface area (TPSA) is 107 Å². The first-order valence-electron chi connectivity index (χ1n) is 16.3. The molecule has 45 heavy (non-hydrogen) atoms. The predicted octanol–water partition coefficient (Wildman–Crippen LogP) is 4.98. The smallest absolute Gasteiger partial charge is 0.481 e. The number of amides is 2. The van der Waals surface area contributed by atoms with Gasteiger partial charge >= 0.3 is 7.12 Å². The van der Waals surface area contributed by atoms with Gasteiger partial charge in [0.1, 0.15) is 5.75 Å². The number of rotatable bonds is 11. The third-order valence-corrected chi connectivity index (χ3v) is 10.7. The van der Waals surface area contributed by atoms with Crippen LogP contribution in [0.5, 0.6) is 5.75 Å². The van der Waals surface area contributed by atoms with Crippen LogP contribution >= 0.6 is 0 Å². The molecule has 0 radical (unpaired) electrons. The van der Waals surface area contributed by atoms with Crippen LogP contribution in [0.1, 0.15) is 76.2 Å². The first-order chi connectivity index (χ1) is 21.4. The fraction of sp³-hybridized carbons (Fsp3) is 0.571. The van der Waals surface area contributed by atoms with E-state index in [0.29, 0.717) is 47.6 Å². The van der Waals surface area contributed by atoms with Gasteiger partial charge < -0.3 is 29.5 Å². The molecule has 3 aliphatic carbocycles. The van der Waals surface area contributed by atoms with Crippen molar-refractivity contribution in [1.29, 1.82) is 0 Å². The monoisotopic (exact) mass is 615 g/mol. The highest BCUT2D eigenvalue weighted by Gasteiger charge is 2.68. The second-order valence-corrected chi connectivity index (χ2v) is 14.5. The molecule has 0 spiro atoms. The van der Waals surface area contributed by atoms with Crippen LogP contribution in [0.2, 0.25) is 0 Å². The summed E-state index contributed by atoms with van der Waals surface area (Å²) in [5.74, 6) is 1.20. The molecule has 0 aromatic heterocycles. The minimum atomic E-state index is -1.27. The molecular formula is C35H46BN3O6. The van der Waals surface area contributed by atoms with Gasteiger partial charge in [-0.3, -0.25) is 9.59 Å². The van der Waals surface area contributed by atoms with Crippen LogP contribution < -0.4 is 15.4 Å². The molecule has 10 heteroatoms. The molecule has 1 unspecified atom stereocenters. The summed E-state index contributed by atoms with van der Waals surface area (Å²) in [7, 11) is 1.04. The first-order valence-corrected chi connectivity index (χ1v) is 16.3. The Hall–Kier alpha value is -3.37. The van der Waals surface area contributed by atoms with Gasteiger partial charge in [0.25, 0.3) is 11.8 Å². The molecule has 4 fully saturated rings. The van der Waals surface area contributed by atoms with E-state index in [0.717, 1.165) is 12.0 Å². The average Bonchev–Trinajstić information content (AvgIpc) is 3.61. The zero-order valence-corrected chi connectivity index (χ0v) is 27.3. The summed E-state index contributed by atoms with van der Waals surface area (Å²) in [6.45, 7) is 11.3. The predicted molar refractivity (Wildman–Crippen MR) is 173 cm³/mol. The molecule has 3 saturated carbocycles. The molecule has 2 bridgehead atoms. The van der Waals surface area contributed by atoms with Crippen LogP contribution in [0.4, 0.5) is 0 Å². The summed E-state index contributed by atoms with van der Waals surface area (Å²) in [5, 5.41) is 10.5. The van der Waals surface area contributed by atoms with E-state index in [2.05, 4.69) is 50.4 Å². The Kier molecular flexibility index (Phi) is 8.50. The number of hydrogen-bond donors (Lipinski definition) is 2. The lowest BCUT2D eigenvalue weighted by Crippen LogP contribution is -2.65. The minimum Gasteiger partial charge on any atom is -0.497 e. The minimum absolute atomic E-state index is 0.0242. The molecule has 240 valence electrons. The van der Waals surface area contributed by atoms with Gasteiger partial charge in [0.05, 0.1) is 37.0 Å². The second kappa shape index (κ2) is 12.1. The Labute approximate surface area is 266 Å². The lowest BCUT2D eigenvalue weighted by molar-refractivity contribution is -0.199. The number of hydrogen-bond acceptors (Lipinski definition) is 7. The van der Waals surface area contributed by atoms with Gasteiger partial charge in [-0.25, -0.2) is 0 Å². The zero-order valence-electron chi connectivity index (χ0n) is 27.3. The van der Waals surface area contributed by atoms with Crippen LogP contribution in [0.25, 0.3) is 0 Å². The van der Waals surface area contributed by atoms with Crippen LogP contribution in [0, 0.1) is 23.2 Å². The van der Waals surface area contributed by atoms with E-state index in [1.54, 1.807) is 31.4 Å². The Balaban J connectivity index is 1.17. The van der Waals surface area contributed by atoms with Crippen LogP contribution in [-0.2, 0) is 25.4 Å². The Bertz CT molecular complexity index is 1430. The van der Waals surface area contributed by atoms with Gasteiger partial charge in [0.15, 0.2) is 0 Å². The fourth-order valence-corrected chi connectivity index (χ4v) is 8.01. The van der Waals surface area contributed by atoms with Gasteiger partial charge in [-0.2, -0.15) is 0 Å². The summed E-state index contributed by atoms with van der Waals surface area (Å²) >= 11 is 0. The van der Waals surface area contributed by atoms with Gasteiger partial charge in [-0.1, -0.05) is 63.2 Å². The maximum atomic E-state index is 14.3. The summed E-state index contributed by atoms with van der Waals surface area (Å²) in [6, 6.07) is 16.7. The maximum Gasteiger partial charge on any atom is 0.481 e.